The van der Waals surface area contributed by atoms with Crippen molar-refractivity contribution in [2.45, 2.75) is 12.8 Å². The first-order chi connectivity index (χ1) is 7.76. The van der Waals surface area contributed by atoms with E-state index in [1.165, 1.54) is 0 Å². The number of nitriles is 1. The molecule has 0 aliphatic heterocycles. The van der Waals surface area contributed by atoms with Crippen molar-refractivity contribution >= 4 is 26.8 Å². The zero-order valence-corrected chi connectivity index (χ0v) is 10.5. The van der Waals surface area contributed by atoms with Gasteiger partial charge in [-0.3, -0.25) is 4.98 Å². The second kappa shape index (κ2) is 4.63. The smallest absolute Gasteiger partial charge is 0.0816 e. The molecule has 1 unspecified atom stereocenters. The number of para-hydroxylation sites is 1. The third-order valence-corrected chi connectivity index (χ3v) is 3.21. The van der Waals surface area contributed by atoms with E-state index >= 15 is 0 Å². The fraction of sp³-hybridized carbons (Fsp3) is 0.231. The van der Waals surface area contributed by atoms with Crippen LogP contribution in [-0.4, -0.2) is 10.3 Å². The quantitative estimate of drug-likeness (QED) is 0.786. The second-order valence-electron chi connectivity index (χ2n) is 3.71. The SMILES string of the molecule is Cc1cc(C(C#N)CBr)c2ccccc2n1. The van der Waals surface area contributed by atoms with Gasteiger partial charge in [-0.1, -0.05) is 34.1 Å². The molecule has 2 aromatic rings. The van der Waals surface area contributed by atoms with Gasteiger partial charge in [0.1, 0.15) is 0 Å². The number of alkyl halides is 1. The minimum atomic E-state index is -0.119. The van der Waals surface area contributed by atoms with Crippen LogP contribution in [-0.2, 0) is 0 Å². The van der Waals surface area contributed by atoms with Crippen LogP contribution < -0.4 is 0 Å². The van der Waals surface area contributed by atoms with E-state index in [-0.39, 0.29) is 5.92 Å². The summed E-state index contributed by atoms with van der Waals surface area (Å²) in [6.45, 7) is 1.96. The molecule has 1 aromatic heterocycles. The number of aromatic nitrogens is 1. The minimum Gasteiger partial charge on any atom is -0.253 e. The van der Waals surface area contributed by atoms with Gasteiger partial charge in [0.05, 0.1) is 17.5 Å². The molecule has 0 spiro atoms. The number of rotatable bonds is 2. The number of aryl methyl sites for hydroxylation is 1. The summed E-state index contributed by atoms with van der Waals surface area (Å²) in [5, 5.41) is 10.8. The predicted octanol–water partition coefficient (Wildman–Crippen LogP) is 3.55. The molecule has 0 radical (unpaired) electrons. The van der Waals surface area contributed by atoms with Crippen molar-refractivity contribution in [3.8, 4) is 6.07 Å². The molecule has 80 valence electrons. The fourth-order valence-corrected chi connectivity index (χ4v) is 2.31. The van der Waals surface area contributed by atoms with E-state index in [9.17, 15) is 0 Å². The summed E-state index contributed by atoms with van der Waals surface area (Å²) in [6, 6.07) is 12.3. The van der Waals surface area contributed by atoms with E-state index in [1.807, 2.05) is 37.3 Å². The summed E-state index contributed by atoms with van der Waals surface area (Å²) in [5.41, 5.74) is 2.97. The van der Waals surface area contributed by atoms with Crippen LogP contribution in [0.3, 0.4) is 0 Å². The van der Waals surface area contributed by atoms with Crippen molar-refractivity contribution in [2.24, 2.45) is 0 Å². The van der Waals surface area contributed by atoms with Crippen molar-refractivity contribution in [2.75, 3.05) is 5.33 Å². The lowest BCUT2D eigenvalue weighted by molar-refractivity contribution is 1.01. The fourth-order valence-electron chi connectivity index (χ4n) is 1.82. The van der Waals surface area contributed by atoms with Gasteiger partial charge >= 0.3 is 0 Å². The van der Waals surface area contributed by atoms with E-state index in [1.54, 1.807) is 0 Å². The molecule has 2 rings (SSSR count). The molecule has 0 aliphatic carbocycles. The van der Waals surface area contributed by atoms with Crippen LogP contribution in [0, 0.1) is 18.3 Å². The molecule has 1 heterocycles. The van der Waals surface area contributed by atoms with Crippen LogP contribution in [0.2, 0.25) is 0 Å². The summed E-state index contributed by atoms with van der Waals surface area (Å²) in [5.74, 6) is -0.119. The number of pyridine rings is 1. The van der Waals surface area contributed by atoms with E-state index in [0.717, 1.165) is 22.2 Å². The van der Waals surface area contributed by atoms with E-state index in [4.69, 9.17) is 5.26 Å². The van der Waals surface area contributed by atoms with Gasteiger partial charge in [0.15, 0.2) is 0 Å². The number of nitrogens with zero attached hydrogens (tertiary/aromatic N) is 2. The number of halogens is 1. The molecular formula is C13H11BrN2. The standard InChI is InChI=1S/C13H11BrN2/c1-9-6-12(10(7-14)8-15)11-4-2-3-5-13(11)16-9/h2-6,10H,7H2,1H3. The Hall–Kier alpha value is -1.40. The normalized spacial score (nSPS) is 12.3. The zero-order valence-electron chi connectivity index (χ0n) is 8.94. The summed E-state index contributed by atoms with van der Waals surface area (Å²) < 4.78 is 0. The number of fused-ring (bicyclic) bond motifs is 1. The van der Waals surface area contributed by atoms with Crippen LogP contribution in [0.4, 0.5) is 0 Å². The van der Waals surface area contributed by atoms with Gasteiger partial charge < -0.3 is 0 Å². The molecule has 0 saturated carbocycles. The molecule has 3 heteroatoms. The van der Waals surface area contributed by atoms with Crippen LogP contribution in [0.15, 0.2) is 30.3 Å². The van der Waals surface area contributed by atoms with E-state index in [0.29, 0.717) is 5.33 Å². The van der Waals surface area contributed by atoms with E-state index in [2.05, 4.69) is 27.0 Å². The van der Waals surface area contributed by atoms with Crippen molar-refractivity contribution < 1.29 is 0 Å². The Morgan fingerprint density at radius 3 is 2.88 bits per heavy atom. The lowest BCUT2D eigenvalue weighted by Gasteiger charge is -2.10. The first-order valence-electron chi connectivity index (χ1n) is 5.08. The third kappa shape index (κ3) is 1.94. The molecule has 0 aliphatic rings. The van der Waals surface area contributed by atoms with Crippen molar-refractivity contribution in [1.29, 1.82) is 5.26 Å². The highest BCUT2D eigenvalue weighted by Crippen LogP contribution is 2.26. The Bertz CT molecular complexity index is 557. The highest BCUT2D eigenvalue weighted by Gasteiger charge is 2.13. The topological polar surface area (TPSA) is 36.7 Å². The van der Waals surface area contributed by atoms with Crippen molar-refractivity contribution in [3.05, 3.63) is 41.6 Å². The number of hydrogen-bond donors (Lipinski definition) is 0. The van der Waals surface area contributed by atoms with Gasteiger partial charge in [0.25, 0.3) is 0 Å². The molecule has 1 atom stereocenters. The molecule has 0 bridgehead atoms. The van der Waals surface area contributed by atoms with Gasteiger partial charge in [-0.15, -0.1) is 0 Å². The Morgan fingerprint density at radius 2 is 2.19 bits per heavy atom. The first kappa shape index (κ1) is 11.1. The largest absolute Gasteiger partial charge is 0.253 e. The Balaban J connectivity index is 2.73. The van der Waals surface area contributed by atoms with Gasteiger partial charge in [0, 0.05) is 16.4 Å². The van der Waals surface area contributed by atoms with Crippen LogP contribution in [0.25, 0.3) is 10.9 Å². The lowest BCUT2D eigenvalue weighted by atomic mass is 9.97. The average Bonchev–Trinajstić information content (AvgIpc) is 2.30. The maximum atomic E-state index is 9.13. The zero-order chi connectivity index (χ0) is 11.5. The number of benzene rings is 1. The number of hydrogen-bond acceptors (Lipinski definition) is 2. The third-order valence-electron chi connectivity index (χ3n) is 2.56. The highest BCUT2D eigenvalue weighted by atomic mass is 79.9. The maximum Gasteiger partial charge on any atom is 0.0816 e. The van der Waals surface area contributed by atoms with Gasteiger partial charge in [-0.2, -0.15) is 5.26 Å². The summed E-state index contributed by atoms with van der Waals surface area (Å²) >= 11 is 3.38. The minimum absolute atomic E-state index is 0.119. The Kier molecular flexibility index (Phi) is 3.21. The highest BCUT2D eigenvalue weighted by molar-refractivity contribution is 9.09. The molecule has 0 fully saturated rings. The molecule has 2 nitrogen and oxygen atoms in total. The summed E-state index contributed by atoms with van der Waals surface area (Å²) in [4.78, 5) is 4.46. The van der Waals surface area contributed by atoms with Gasteiger partial charge in [0.2, 0.25) is 0 Å². The molecule has 16 heavy (non-hydrogen) atoms. The average molecular weight is 275 g/mol. The second-order valence-corrected chi connectivity index (χ2v) is 4.35. The lowest BCUT2D eigenvalue weighted by Crippen LogP contribution is -2.00. The molecule has 0 saturated heterocycles. The molecular weight excluding hydrogens is 264 g/mol. The van der Waals surface area contributed by atoms with Crippen LogP contribution >= 0.6 is 15.9 Å². The predicted molar refractivity (Wildman–Crippen MR) is 68.6 cm³/mol. The Labute approximate surface area is 103 Å². The monoisotopic (exact) mass is 274 g/mol. The maximum absolute atomic E-state index is 9.13. The van der Waals surface area contributed by atoms with Crippen LogP contribution in [0.5, 0.6) is 0 Å². The first-order valence-corrected chi connectivity index (χ1v) is 6.20. The summed E-state index contributed by atoms with van der Waals surface area (Å²) in [6.07, 6.45) is 0. The molecule has 0 amide bonds. The van der Waals surface area contributed by atoms with Crippen LogP contribution in [0.1, 0.15) is 17.2 Å². The summed E-state index contributed by atoms with van der Waals surface area (Å²) in [7, 11) is 0. The van der Waals surface area contributed by atoms with Crippen molar-refractivity contribution in [3.63, 3.8) is 0 Å². The van der Waals surface area contributed by atoms with Crippen molar-refractivity contribution in [1.82, 2.24) is 4.98 Å². The Morgan fingerprint density at radius 1 is 1.44 bits per heavy atom. The molecule has 0 N–H and O–H groups in total. The van der Waals surface area contributed by atoms with Gasteiger partial charge in [-0.25, -0.2) is 0 Å². The van der Waals surface area contributed by atoms with Gasteiger partial charge in [-0.05, 0) is 24.6 Å². The molecule has 1 aromatic carbocycles. The van der Waals surface area contributed by atoms with E-state index < -0.39 is 0 Å².